The van der Waals surface area contributed by atoms with Gasteiger partial charge in [-0.3, -0.25) is 18.3 Å². The van der Waals surface area contributed by atoms with Crippen LogP contribution in [0.5, 0.6) is 0 Å². The summed E-state index contributed by atoms with van der Waals surface area (Å²) in [7, 11) is 2.25. The lowest BCUT2D eigenvalue weighted by atomic mass is 10.1. The molecule has 0 fully saturated rings. The molecule has 31 aromatic rings. The Hall–Kier alpha value is -19.7. The lowest BCUT2D eigenvalue weighted by molar-refractivity contribution is 1.01. The quantitative estimate of drug-likeness (QED) is 0.134. The lowest BCUT2D eigenvalue weighted by Crippen LogP contribution is -2.03. The Morgan fingerprint density at radius 2 is 0.313 bits per heavy atom. The average molecular weight is 2000 g/mol. The van der Waals surface area contributed by atoms with Crippen molar-refractivity contribution >= 4 is 205 Å². The van der Waals surface area contributed by atoms with Crippen molar-refractivity contribution < 1.29 is 74.1 Å². The number of fused-ring (bicyclic) bond motifs is 27. The molecule has 1 unspecified atom stereocenters. The summed E-state index contributed by atoms with van der Waals surface area (Å²) < 4.78 is 27.0. The molecule has 147 heavy (non-hydrogen) atoms. The average Bonchev–Trinajstić information content (AvgIpc) is 1.57. The summed E-state index contributed by atoms with van der Waals surface area (Å²) in [6.45, 7) is 0.417. The second-order valence-corrected chi connectivity index (χ2v) is 36.9. The third kappa shape index (κ3) is 14.1. The first-order valence-corrected chi connectivity index (χ1v) is 50.1. The molecule has 13 nitrogen and oxygen atoms in total. The number of para-hydroxylation sites is 16. The molecule has 0 aliphatic rings. The molecule has 0 spiro atoms. The fraction of sp³-hybridized carbons (Fsp3) is 0.00752. The minimum Gasteiger partial charge on any atom is -0.309 e. The van der Waals surface area contributed by atoms with Gasteiger partial charge in [-0.05, 0) is 194 Å². The fourth-order valence-electron chi connectivity index (χ4n) is 23.0. The van der Waals surface area contributed by atoms with Crippen LogP contribution in [0.3, 0.4) is 0 Å². The summed E-state index contributed by atoms with van der Waals surface area (Å²) in [6.07, 6.45) is 0. The molecular formula is C133H190N13P. The maximum atomic E-state index is 9.45. The number of hydrogen-bond acceptors (Lipinski definition) is 4. The van der Waals surface area contributed by atoms with Crippen molar-refractivity contribution in [2.24, 2.45) is 0 Å². The molecule has 1 atom stereocenters. The van der Waals surface area contributed by atoms with Gasteiger partial charge >= 0.3 is 0 Å². The third-order valence-corrected chi connectivity index (χ3v) is 29.0. The van der Waals surface area contributed by atoms with Crippen LogP contribution in [0.25, 0.3) is 248 Å². The Morgan fingerprint density at radius 3 is 0.497 bits per heavy atom. The zero-order valence-electron chi connectivity index (χ0n) is 80.5. The van der Waals surface area contributed by atoms with E-state index in [2.05, 4.69) is 487 Å². The van der Waals surface area contributed by atoms with Gasteiger partial charge in [0, 0.05) is 182 Å². The highest BCUT2D eigenvalue weighted by Gasteiger charge is 2.25. The molecule has 11 aromatic heterocycles. The van der Waals surface area contributed by atoms with Crippen LogP contribution in [0, 0.1) is 22.7 Å². The summed E-state index contributed by atoms with van der Waals surface area (Å²) in [5, 5.41) is 40.8. The number of hydrogen-bond donors (Lipinski definition) is 0. The molecule has 0 saturated carbocycles. The van der Waals surface area contributed by atoms with Crippen LogP contribution in [0.2, 0.25) is 0 Å². The fourth-order valence-corrected chi connectivity index (χ4v) is 23.0. The number of pyridine rings is 2. The van der Waals surface area contributed by atoms with E-state index in [-0.39, 0.29) is 72.8 Å². The third-order valence-electron chi connectivity index (χ3n) is 29.0. The summed E-state index contributed by atoms with van der Waals surface area (Å²) in [6, 6.07) is 182. The normalized spacial score (nSPS) is 11.7. The van der Waals surface area contributed by atoms with Gasteiger partial charge in [-0.1, -0.05) is 316 Å². The molecular weight excluding hydrogens is 1810 g/mol. The van der Waals surface area contributed by atoms with E-state index in [9.17, 15) is 10.5 Å². The number of aromatic nitrogens is 11. The van der Waals surface area contributed by atoms with Gasteiger partial charge < -0.3 is 22.8 Å². The van der Waals surface area contributed by atoms with Crippen LogP contribution in [-0.2, 0) is 0 Å². The van der Waals surface area contributed by atoms with E-state index in [1.165, 1.54) is 164 Å². The molecule has 0 aliphatic carbocycles. The molecule has 0 bridgehead atoms. The van der Waals surface area contributed by atoms with Crippen LogP contribution < -0.4 is 0 Å². The van der Waals surface area contributed by atoms with Gasteiger partial charge in [0.15, 0.2) is 0 Å². The van der Waals surface area contributed by atoms with Gasteiger partial charge in [0.2, 0.25) is 0 Å². The molecule has 0 radical (unpaired) electrons. The van der Waals surface area contributed by atoms with E-state index in [0.29, 0.717) is 17.8 Å². The molecule has 0 N–H and O–H groups in total. The summed E-state index contributed by atoms with van der Waals surface area (Å²) >= 11 is 0. The Bertz CT molecular complexity index is 9670. The van der Waals surface area contributed by atoms with E-state index in [1.54, 1.807) is 0 Å². The molecule has 0 aliphatic heterocycles. The monoisotopic (exact) mass is 2000 g/mol. The van der Waals surface area contributed by atoms with Crippen molar-refractivity contribution in [3.05, 3.63) is 515 Å². The summed E-state index contributed by atoms with van der Waals surface area (Å²) in [4.78, 5) is 10.3. The van der Waals surface area contributed by atoms with Crippen molar-refractivity contribution in [1.82, 2.24) is 51.1 Å². The smallest absolute Gasteiger partial charge is 0.140 e. The molecule has 20 aromatic carbocycles. The molecule has 11 heterocycles. The van der Waals surface area contributed by atoms with Gasteiger partial charge in [-0.2, -0.15) is 10.5 Å². The number of nitrogens with zero attached hydrogens (tertiary/aromatic N) is 13. The van der Waals surface area contributed by atoms with Gasteiger partial charge in [0.25, 0.3) is 0 Å². The first-order valence-electron chi connectivity index (χ1n) is 50.0. The predicted octanol–water partition coefficient (Wildman–Crippen LogP) is 46.2. The topological polar surface area (TPSA) is 118 Å². The van der Waals surface area contributed by atoms with Crippen molar-refractivity contribution in [2.75, 3.05) is 6.64 Å². The van der Waals surface area contributed by atoms with Crippen molar-refractivity contribution in [2.45, 2.75) is 0 Å². The van der Waals surface area contributed by atoms with Crippen LogP contribution in [0.1, 0.15) is 85.3 Å². The first kappa shape index (κ1) is 85.3. The standard InChI is InChI=1S/C42H27N3.C31H17N5.C30H20N2.C29H19N3.CH5P.51H2/c1-7-19-37-31(13-1)32-14-2-8-20-38(32)43(37)28-25-29(44-39-21-9-3-15-33(39)34-16-4-10-22-40(34)44)27-30(26-28)45-41-23-11-5-17-35(41)36-18-6-12-24-42(36)45;32-18-20-12-14-28-24(16-20)22-6-1-3-8-26(22)35(28)30-10-5-11-31(34-30)36-27-9-4-2-7-23(27)25-17-21(19-33)13-15-29(25)36;1-5-16-27-23(12-1)24-13-2-6-17-28(24)31(27)21-10-9-11-22(20-21)32-29-18-7-3-14-25(29)26-15-4-8-19-30(26)32;1-5-14-24-20(10-1)21-11-2-6-15-25(21)31(24)28-18-9-19-29(30-28)32-26-16-7-3-12-22(26)23-13-4-8-17-27(23)32;1-2;;;;;;;;;;;;;;;;;;;;;;;;;;;;;;;;;;;;;;;;;;;;;;;;;;;/h1-27H;1-17H;1-20H;1-19H;2H2,1H3;51*1H/i;;;;1T;;;;;;;;;;;;;;;;;;;;;;;;;;;;;;;;;;;;;;;;;;;;;;;;;;;. The Labute approximate surface area is 923 Å². The van der Waals surface area contributed by atoms with Crippen LogP contribution in [0.4, 0.5) is 0 Å². The Kier molecular flexibility index (Phi) is 20.8. The minimum absolute atomic E-state index is 0. The minimum atomic E-state index is 0. The van der Waals surface area contributed by atoms with Crippen LogP contribution >= 0.6 is 9.24 Å². The zero-order chi connectivity index (χ0) is 98.6. The predicted molar refractivity (Wildman–Crippen MR) is 723 cm³/mol. The summed E-state index contributed by atoms with van der Waals surface area (Å²) in [5.41, 5.74) is 27.8. The van der Waals surface area contributed by atoms with Gasteiger partial charge in [-0.25, -0.2) is 9.97 Å². The van der Waals surface area contributed by atoms with Gasteiger partial charge in [0.1, 0.15) is 23.3 Å². The van der Waals surface area contributed by atoms with Crippen LogP contribution in [0.15, 0.2) is 504 Å². The summed E-state index contributed by atoms with van der Waals surface area (Å²) in [5.74, 6) is 3.43. The van der Waals surface area contributed by atoms with Gasteiger partial charge in [-0.15, -0.1) is 9.24 Å². The zero-order valence-corrected chi connectivity index (χ0v) is 80.7. The second-order valence-electron chi connectivity index (χ2n) is 36.9. The van der Waals surface area contributed by atoms with E-state index < -0.39 is 0 Å². The maximum Gasteiger partial charge on any atom is 0.140 e. The van der Waals surface area contributed by atoms with E-state index in [4.69, 9.17) is 11.3 Å². The molecule has 31 rings (SSSR count). The van der Waals surface area contributed by atoms with Crippen molar-refractivity contribution in [3.63, 3.8) is 0 Å². The number of nitriles is 2. The number of benzene rings is 20. The number of rotatable bonds is 9. The van der Waals surface area contributed by atoms with Gasteiger partial charge in [0.05, 0.1) is 140 Å². The van der Waals surface area contributed by atoms with Crippen LogP contribution in [-0.4, -0.2) is 57.7 Å². The van der Waals surface area contributed by atoms with E-state index in [1.807, 2.05) is 78.9 Å². The van der Waals surface area contributed by atoms with E-state index >= 15 is 0 Å². The molecule has 14 heteroatoms. The Balaban J connectivity index is -0.0000000812. The second kappa shape index (κ2) is 35.8. The highest BCUT2D eigenvalue weighted by molar-refractivity contribution is 7.15. The largest absolute Gasteiger partial charge is 0.309 e. The molecule has 0 saturated heterocycles. The Morgan fingerprint density at radius 1 is 0.170 bits per heavy atom. The first-order chi connectivity index (χ1) is 73.3. The van der Waals surface area contributed by atoms with Crippen molar-refractivity contribution in [3.8, 4) is 63.8 Å². The highest BCUT2D eigenvalue weighted by atomic mass is 31.0. The molecule has 0 amide bonds. The maximum absolute atomic E-state index is 9.45. The lowest BCUT2D eigenvalue weighted by Gasteiger charge is -2.17. The van der Waals surface area contributed by atoms with Crippen molar-refractivity contribution in [1.29, 1.82) is 10.5 Å². The SMILES string of the molecule is N#Cc1ccc2c(c1)c1ccccc1n2-c1cccc(-n2c3ccccc3c3cc(C#N)ccc32)n1.[3H]CP.[HH].[HH].[HH].[HH].[HH].[HH].[HH].[HH].[HH].[HH].[HH].[HH].[HH].[HH].[HH].[HH].[HH].[HH].[HH].[HH].[HH].[HH].[HH].[HH].[HH].[HH].[HH].[HH].[HH].[HH].[HH].[HH].[HH].[HH].[HH].[HH].[HH].[HH].[HH].[HH].[HH].[HH].[HH].[HH].[HH].[HH].[HH].[HH].[HH].[HH].[HH].c1cc(-n2c3ccccc3c3ccccc32)cc(-n2c3ccccc3c3ccccc32)c1.c1cc(-n2c3ccccc3c3ccccc32)nc(-n2c3ccccc3c3ccccc32)c1.c1ccc2c(c1)c1ccccc1n2-c1cc(-n2c3ccccc3c3ccccc32)cc(-n2c3ccccc3c3ccccc32)c1. The highest BCUT2D eigenvalue weighted by Crippen LogP contribution is 2.45. The van der Waals surface area contributed by atoms with E-state index in [0.717, 1.165) is 83.9 Å². The molecule has 792 valence electrons.